The average molecular weight is 255 g/mol. The van der Waals surface area contributed by atoms with Crippen LogP contribution in [0.2, 0.25) is 0 Å². The topological polar surface area (TPSA) is 49.8 Å². The zero-order valence-electron chi connectivity index (χ0n) is 11.7. The maximum atomic E-state index is 12.0. The van der Waals surface area contributed by atoms with Crippen LogP contribution in [-0.4, -0.2) is 40.4 Å². The maximum absolute atomic E-state index is 12.0. The number of hydrogen-bond acceptors (Lipinski definition) is 3. The lowest BCUT2D eigenvalue weighted by Crippen LogP contribution is -2.53. The molecule has 4 heteroatoms. The fourth-order valence-corrected chi connectivity index (χ4v) is 2.86. The van der Waals surface area contributed by atoms with Gasteiger partial charge in [0.15, 0.2) is 0 Å². The Morgan fingerprint density at radius 1 is 1.33 bits per heavy atom. The van der Waals surface area contributed by atoms with Crippen LogP contribution in [0, 0.1) is 5.92 Å². The van der Waals surface area contributed by atoms with Crippen LogP contribution in [0.5, 0.6) is 0 Å². The van der Waals surface area contributed by atoms with Crippen molar-refractivity contribution in [1.82, 2.24) is 4.90 Å². The molecule has 1 saturated heterocycles. The summed E-state index contributed by atoms with van der Waals surface area (Å²) in [6, 6.07) is 0. The number of likely N-dealkylation sites (tertiary alicyclic amines) is 1. The number of carbonyl (C=O) groups is 1. The van der Waals surface area contributed by atoms with Crippen LogP contribution < -0.4 is 0 Å². The minimum absolute atomic E-state index is 0.229. The van der Waals surface area contributed by atoms with Crippen molar-refractivity contribution in [3.8, 4) is 0 Å². The summed E-state index contributed by atoms with van der Waals surface area (Å²) >= 11 is 0. The van der Waals surface area contributed by atoms with Gasteiger partial charge >= 0.3 is 6.09 Å². The van der Waals surface area contributed by atoms with Gasteiger partial charge in [-0.2, -0.15) is 0 Å². The number of nitrogens with zero attached hydrogens (tertiary/aromatic N) is 1. The standard InChI is InChI=1S/C14H25NO3/c1-13(2,3)18-12(16)15-9-4-6-11(10-15)14(17)7-5-8-14/h11,17H,4-10H2,1-3H3. The minimum atomic E-state index is -0.513. The number of rotatable bonds is 1. The van der Waals surface area contributed by atoms with Crippen molar-refractivity contribution in [3.05, 3.63) is 0 Å². The summed E-state index contributed by atoms with van der Waals surface area (Å²) in [6.45, 7) is 7.04. The van der Waals surface area contributed by atoms with Gasteiger partial charge in [-0.15, -0.1) is 0 Å². The Hall–Kier alpha value is -0.770. The smallest absolute Gasteiger partial charge is 0.410 e. The number of amides is 1. The first kappa shape index (κ1) is 13.7. The predicted octanol–water partition coefficient (Wildman–Crippen LogP) is 2.55. The fraction of sp³-hybridized carbons (Fsp3) is 0.929. The summed E-state index contributed by atoms with van der Waals surface area (Å²) in [4.78, 5) is 13.8. The highest BCUT2D eigenvalue weighted by Crippen LogP contribution is 2.42. The Morgan fingerprint density at radius 3 is 2.50 bits per heavy atom. The van der Waals surface area contributed by atoms with Gasteiger partial charge in [-0.25, -0.2) is 4.79 Å². The van der Waals surface area contributed by atoms with Gasteiger partial charge in [0.2, 0.25) is 0 Å². The van der Waals surface area contributed by atoms with Crippen molar-refractivity contribution >= 4 is 6.09 Å². The molecule has 0 radical (unpaired) electrons. The zero-order valence-corrected chi connectivity index (χ0v) is 11.7. The van der Waals surface area contributed by atoms with Crippen molar-refractivity contribution in [3.63, 3.8) is 0 Å². The van der Waals surface area contributed by atoms with Crippen LogP contribution >= 0.6 is 0 Å². The first-order valence-corrected chi connectivity index (χ1v) is 7.00. The fourth-order valence-electron chi connectivity index (χ4n) is 2.86. The molecule has 1 saturated carbocycles. The molecule has 104 valence electrons. The second-order valence-electron chi connectivity index (χ2n) is 6.72. The van der Waals surface area contributed by atoms with Crippen LogP contribution in [0.4, 0.5) is 4.79 Å². The van der Waals surface area contributed by atoms with E-state index in [1.807, 2.05) is 20.8 Å². The number of hydrogen-bond donors (Lipinski definition) is 1. The largest absolute Gasteiger partial charge is 0.444 e. The normalized spacial score (nSPS) is 27.6. The van der Waals surface area contributed by atoms with Gasteiger partial charge in [-0.05, 0) is 52.9 Å². The van der Waals surface area contributed by atoms with Gasteiger partial charge in [-0.1, -0.05) is 0 Å². The molecule has 0 bridgehead atoms. The summed E-state index contributed by atoms with van der Waals surface area (Å²) in [6.07, 6.45) is 4.64. The Kier molecular flexibility index (Phi) is 3.58. The molecular weight excluding hydrogens is 230 g/mol. The average Bonchev–Trinajstić information content (AvgIpc) is 2.24. The predicted molar refractivity (Wildman–Crippen MR) is 69.3 cm³/mol. The molecular formula is C14H25NO3. The highest BCUT2D eigenvalue weighted by atomic mass is 16.6. The van der Waals surface area contributed by atoms with Crippen LogP contribution in [0.3, 0.4) is 0 Å². The van der Waals surface area contributed by atoms with E-state index in [0.29, 0.717) is 6.54 Å². The highest BCUT2D eigenvalue weighted by molar-refractivity contribution is 5.68. The molecule has 1 heterocycles. The third-order valence-corrected chi connectivity index (χ3v) is 4.05. The van der Waals surface area contributed by atoms with Gasteiger partial charge in [0, 0.05) is 19.0 Å². The van der Waals surface area contributed by atoms with Crippen molar-refractivity contribution in [1.29, 1.82) is 0 Å². The second kappa shape index (κ2) is 4.72. The number of carbonyl (C=O) groups excluding carboxylic acids is 1. The van der Waals surface area contributed by atoms with Crippen LogP contribution in [0.1, 0.15) is 52.9 Å². The number of aliphatic hydroxyl groups is 1. The summed E-state index contributed by atoms with van der Waals surface area (Å²) in [5, 5.41) is 10.4. The first-order chi connectivity index (χ1) is 8.30. The van der Waals surface area contributed by atoms with Crippen molar-refractivity contribution in [2.75, 3.05) is 13.1 Å². The highest BCUT2D eigenvalue weighted by Gasteiger charge is 2.44. The second-order valence-corrected chi connectivity index (χ2v) is 6.72. The SMILES string of the molecule is CC(C)(C)OC(=O)N1CCCC(C2(O)CCC2)C1. The monoisotopic (exact) mass is 255 g/mol. The molecule has 0 aromatic heterocycles. The Labute approximate surface area is 109 Å². The van der Waals surface area contributed by atoms with Gasteiger partial charge in [0.1, 0.15) is 5.60 Å². The lowest BCUT2D eigenvalue weighted by molar-refractivity contribution is -0.102. The molecule has 1 aliphatic carbocycles. The van der Waals surface area contributed by atoms with Gasteiger partial charge in [-0.3, -0.25) is 0 Å². The molecule has 1 aliphatic heterocycles. The van der Waals surface area contributed by atoms with E-state index < -0.39 is 11.2 Å². The van der Waals surface area contributed by atoms with E-state index in [2.05, 4.69) is 0 Å². The Bertz CT molecular complexity index is 317. The molecule has 0 spiro atoms. The van der Waals surface area contributed by atoms with Crippen LogP contribution in [0.15, 0.2) is 0 Å². The molecule has 1 amide bonds. The van der Waals surface area contributed by atoms with Crippen LogP contribution in [0.25, 0.3) is 0 Å². The summed E-state index contributed by atoms with van der Waals surface area (Å²) in [5.74, 6) is 0.229. The molecule has 1 N–H and O–H groups in total. The summed E-state index contributed by atoms with van der Waals surface area (Å²) < 4.78 is 5.40. The molecule has 2 rings (SSSR count). The summed E-state index contributed by atoms with van der Waals surface area (Å²) in [5.41, 5.74) is -0.960. The summed E-state index contributed by atoms with van der Waals surface area (Å²) in [7, 11) is 0. The minimum Gasteiger partial charge on any atom is -0.444 e. The van der Waals surface area contributed by atoms with E-state index in [-0.39, 0.29) is 12.0 Å². The molecule has 1 unspecified atom stereocenters. The Morgan fingerprint density at radius 2 is 2.00 bits per heavy atom. The molecule has 0 aromatic carbocycles. The Balaban J connectivity index is 1.92. The van der Waals surface area contributed by atoms with Gasteiger partial charge in [0.25, 0.3) is 0 Å². The number of piperidine rings is 1. The van der Waals surface area contributed by atoms with E-state index in [1.54, 1.807) is 4.90 Å². The quantitative estimate of drug-likeness (QED) is 0.783. The number of ether oxygens (including phenoxy) is 1. The molecule has 1 atom stereocenters. The van der Waals surface area contributed by atoms with E-state index in [0.717, 1.165) is 38.6 Å². The first-order valence-electron chi connectivity index (χ1n) is 7.00. The van der Waals surface area contributed by atoms with E-state index in [9.17, 15) is 9.90 Å². The molecule has 18 heavy (non-hydrogen) atoms. The van der Waals surface area contributed by atoms with Crippen LogP contribution in [-0.2, 0) is 4.74 Å². The van der Waals surface area contributed by atoms with Crippen molar-refractivity contribution < 1.29 is 14.6 Å². The molecule has 4 nitrogen and oxygen atoms in total. The third-order valence-electron chi connectivity index (χ3n) is 4.05. The van der Waals surface area contributed by atoms with E-state index >= 15 is 0 Å². The van der Waals surface area contributed by atoms with Crippen molar-refractivity contribution in [2.24, 2.45) is 5.92 Å². The molecule has 0 aromatic rings. The molecule has 2 aliphatic rings. The van der Waals surface area contributed by atoms with E-state index in [4.69, 9.17) is 4.74 Å². The maximum Gasteiger partial charge on any atom is 0.410 e. The van der Waals surface area contributed by atoms with Crippen molar-refractivity contribution in [2.45, 2.75) is 64.1 Å². The zero-order chi connectivity index (χ0) is 13.4. The lowest BCUT2D eigenvalue weighted by Gasteiger charge is -2.47. The third kappa shape index (κ3) is 2.97. The van der Waals surface area contributed by atoms with E-state index in [1.165, 1.54) is 0 Å². The lowest BCUT2D eigenvalue weighted by atomic mass is 9.68. The van der Waals surface area contributed by atoms with Gasteiger partial charge < -0.3 is 14.7 Å². The van der Waals surface area contributed by atoms with Gasteiger partial charge in [0.05, 0.1) is 5.60 Å². The molecule has 2 fully saturated rings.